The molecule has 116 valence electrons. The summed E-state index contributed by atoms with van der Waals surface area (Å²) < 4.78 is 12.8. The molecule has 21 heavy (non-hydrogen) atoms. The quantitative estimate of drug-likeness (QED) is 0.701. The highest BCUT2D eigenvalue weighted by Gasteiger charge is 2.21. The number of nitrogens with zero attached hydrogens (tertiary/aromatic N) is 4. The number of imidazole rings is 1. The average Bonchev–Trinajstić information content (AvgIpc) is 2.85. The predicted octanol–water partition coefficient (Wildman–Crippen LogP) is 2.60. The van der Waals surface area contributed by atoms with E-state index in [1.165, 1.54) is 6.33 Å². The zero-order valence-corrected chi connectivity index (χ0v) is 13.4. The molecule has 0 aliphatic carbocycles. The molecule has 2 aromatic rings. The van der Waals surface area contributed by atoms with Gasteiger partial charge in [-0.25, -0.2) is 9.97 Å². The predicted molar refractivity (Wildman–Crippen MR) is 82.1 cm³/mol. The van der Waals surface area contributed by atoms with Crippen molar-refractivity contribution in [3.63, 3.8) is 0 Å². The number of fused-ring (bicyclic) bond motifs is 1. The van der Waals surface area contributed by atoms with Crippen molar-refractivity contribution in [1.82, 2.24) is 19.5 Å². The van der Waals surface area contributed by atoms with E-state index < -0.39 is 0 Å². The molecule has 0 amide bonds. The van der Waals surface area contributed by atoms with Gasteiger partial charge >= 0.3 is 0 Å². The molecule has 0 aromatic carbocycles. The van der Waals surface area contributed by atoms with Crippen LogP contribution in [0, 0.1) is 0 Å². The van der Waals surface area contributed by atoms with Gasteiger partial charge in [-0.15, -0.1) is 11.6 Å². The summed E-state index contributed by atoms with van der Waals surface area (Å²) >= 11 is 5.92. The Labute approximate surface area is 129 Å². The van der Waals surface area contributed by atoms with Gasteiger partial charge in [0.05, 0.1) is 19.8 Å². The largest absolute Gasteiger partial charge is 0.479 e. The first-order chi connectivity index (χ1) is 10.3. The lowest BCUT2D eigenvalue weighted by Gasteiger charge is -2.20. The van der Waals surface area contributed by atoms with Crippen molar-refractivity contribution in [2.24, 2.45) is 0 Å². The Morgan fingerprint density at radius 1 is 1.33 bits per heavy atom. The third kappa shape index (κ3) is 3.27. The Kier molecular flexibility index (Phi) is 5.76. The lowest BCUT2D eigenvalue weighted by Crippen LogP contribution is -2.18. The Hall–Kier alpha value is -1.40. The van der Waals surface area contributed by atoms with Gasteiger partial charge in [-0.3, -0.25) is 0 Å². The Morgan fingerprint density at radius 2 is 2.14 bits per heavy atom. The number of ether oxygens (including phenoxy) is 2. The summed E-state index contributed by atoms with van der Waals surface area (Å²) in [4.78, 5) is 13.1. The van der Waals surface area contributed by atoms with Gasteiger partial charge in [0.25, 0.3) is 0 Å². The van der Waals surface area contributed by atoms with Gasteiger partial charge in [-0.05, 0) is 6.42 Å². The lowest BCUT2D eigenvalue weighted by atomic mass is 10.1. The highest BCUT2D eigenvalue weighted by atomic mass is 35.5. The summed E-state index contributed by atoms with van der Waals surface area (Å²) in [6.45, 7) is 2.76. The van der Waals surface area contributed by atoms with Gasteiger partial charge < -0.3 is 14.0 Å². The molecule has 0 aliphatic heterocycles. The number of hydrogen-bond acceptors (Lipinski definition) is 5. The Balaban J connectivity index is 2.59. The molecule has 0 bridgehead atoms. The molecule has 0 N–H and O–H groups in total. The third-order valence-corrected chi connectivity index (χ3v) is 3.56. The van der Waals surface area contributed by atoms with Crippen molar-refractivity contribution >= 4 is 22.8 Å². The van der Waals surface area contributed by atoms with Crippen LogP contribution in [0.3, 0.4) is 0 Å². The van der Waals surface area contributed by atoms with Gasteiger partial charge in [0, 0.05) is 19.4 Å². The lowest BCUT2D eigenvalue weighted by molar-refractivity contribution is 0.150. The summed E-state index contributed by atoms with van der Waals surface area (Å²) in [5, 5.41) is 0. The summed E-state index contributed by atoms with van der Waals surface area (Å²) in [5.74, 6) is 1.89. The second kappa shape index (κ2) is 7.56. The van der Waals surface area contributed by atoms with E-state index in [-0.39, 0.29) is 6.04 Å². The molecule has 2 heterocycles. The summed E-state index contributed by atoms with van der Waals surface area (Å²) in [7, 11) is 3.29. The number of aromatic nitrogens is 4. The van der Waals surface area contributed by atoms with Crippen LogP contribution >= 0.6 is 11.6 Å². The van der Waals surface area contributed by atoms with Crippen LogP contribution in [0.4, 0.5) is 0 Å². The molecule has 0 radical (unpaired) electrons. The van der Waals surface area contributed by atoms with Crippen LogP contribution in [0.1, 0.15) is 31.6 Å². The van der Waals surface area contributed by atoms with E-state index in [1.807, 2.05) is 0 Å². The van der Waals surface area contributed by atoms with Crippen molar-refractivity contribution < 1.29 is 9.47 Å². The molecule has 0 spiro atoms. The standard InChI is InChI=1S/C14H21ClN4O2/c1-4-5-10(8-20-2)19-11(6-7-15)18-12-13(19)16-9-17-14(12)21-3/h9-10H,4-8H2,1-3H3. The zero-order chi connectivity index (χ0) is 15.2. The molecule has 1 atom stereocenters. The van der Waals surface area contributed by atoms with E-state index in [1.54, 1.807) is 14.2 Å². The molecule has 6 nitrogen and oxygen atoms in total. The fraction of sp³-hybridized carbons (Fsp3) is 0.643. The summed E-state index contributed by atoms with van der Waals surface area (Å²) in [5.41, 5.74) is 1.45. The van der Waals surface area contributed by atoms with Gasteiger partial charge in [0.1, 0.15) is 12.2 Å². The van der Waals surface area contributed by atoms with E-state index in [0.29, 0.717) is 30.3 Å². The molecule has 0 aliphatic rings. The molecule has 0 saturated carbocycles. The number of rotatable bonds is 8. The van der Waals surface area contributed by atoms with E-state index in [4.69, 9.17) is 21.1 Å². The molecule has 1 unspecified atom stereocenters. The topological polar surface area (TPSA) is 62.1 Å². The molecule has 7 heteroatoms. The number of alkyl halides is 1. The molecular weight excluding hydrogens is 292 g/mol. The first-order valence-corrected chi connectivity index (χ1v) is 7.60. The average molecular weight is 313 g/mol. The maximum absolute atomic E-state index is 5.92. The van der Waals surface area contributed by atoms with Gasteiger partial charge in [-0.2, -0.15) is 4.98 Å². The number of aryl methyl sites for hydroxylation is 1. The normalized spacial score (nSPS) is 12.8. The van der Waals surface area contributed by atoms with Gasteiger partial charge in [0.2, 0.25) is 5.88 Å². The van der Waals surface area contributed by atoms with Crippen molar-refractivity contribution in [3.8, 4) is 5.88 Å². The minimum atomic E-state index is 0.183. The Morgan fingerprint density at radius 3 is 2.76 bits per heavy atom. The fourth-order valence-electron chi connectivity index (χ4n) is 2.54. The highest BCUT2D eigenvalue weighted by molar-refractivity contribution is 6.17. The minimum absolute atomic E-state index is 0.183. The van der Waals surface area contributed by atoms with Crippen LogP contribution in [-0.2, 0) is 11.2 Å². The van der Waals surface area contributed by atoms with E-state index >= 15 is 0 Å². The molecule has 0 fully saturated rings. The van der Waals surface area contributed by atoms with Crippen molar-refractivity contribution in [2.75, 3.05) is 26.7 Å². The smallest absolute Gasteiger partial charge is 0.245 e. The van der Waals surface area contributed by atoms with Crippen LogP contribution in [0.25, 0.3) is 11.2 Å². The molecular formula is C14H21ClN4O2. The molecule has 2 aromatic heterocycles. The summed E-state index contributed by atoms with van der Waals surface area (Å²) in [6, 6.07) is 0.183. The molecule has 0 saturated heterocycles. The van der Waals surface area contributed by atoms with Crippen LogP contribution in [0.15, 0.2) is 6.33 Å². The number of methoxy groups -OCH3 is 2. The fourth-order valence-corrected chi connectivity index (χ4v) is 2.71. The summed E-state index contributed by atoms with van der Waals surface area (Å²) in [6.07, 6.45) is 4.21. The minimum Gasteiger partial charge on any atom is -0.479 e. The van der Waals surface area contributed by atoms with E-state index in [2.05, 4.69) is 26.4 Å². The second-order valence-electron chi connectivity index (χ2n) is 4.79. The highest BCUT2D eigenvalue weighted by Crippen LogP contribution is 2.27. The van der Waals surface area contributed by atoms with Crippen molar-refractivity contribution in [1.29, 1.82) is 0 Å². The van der Waals surface area contributed by atoms with E-state index in [9.17, 15) is 0 Å². The second-order valence-corrected chi connectivity index (χ2v) is 5.17. The maximum atomic E-state index is 5.92. The maximum Gasteiger partial charge on any atom is 0.245 e. The van der Waals surface area contributed by atoms with E-state index in [0.717, 1.165) is 24.3 Å². The van der Waals surface area contributed by atoms with Gasteiger partial charge in [0.15, 0.2) is 11.2 Å². The van der Waals surface area contributed by atoms with Gasteiger partial charge in [-0.1, -0.05) is 13.3 Å². The third-order valence-electron chi connectivity index (χ3n) is 3.37. The van der Waals surface area contributed by atoms with Crippen molar-refractivity contribution in [2.45, 2.75) is 32.2 Å². The van der Waals surface area contributed by atoms with Crippen molar-refractivity contribution in [3.05, 3.63) is 12.2 Å². The zero-order valence-electron chi connectivity index (χ0n) is 12.7. The van der Waals surface area contributed by atoms with Crippen LogP contribution in [0.2, 0.25) is 0 Å². The number of halogens is 1. The van der Waals surface area contributed by atoms with Crippen LogP contribution in [-0.4, -0.2) is 46.2 Å². The van der Waals surface area contributed by atoms with Crippen LogP contribution in [0.5, 0.6) is 5.88 Å². The van der Waals surface area contributed by atoms with Crippen LogP contribution < -0.4 is 4.74 Å². The number of hydrogen-bond donors (Lipinski definition) is 0. The molecule has 2 rings (SSSR count). The first kappa shape index (κ1) is 16.0. The SMILES string of the molecule is CCCC(COC)n1c(CCCl)nc2c(OC)ncnc21. The monoisotopic (exact) mass is 312 g/mol. The first-order valence-electron chi connectivity index (χ1n) is 7.07. The Bertz CT molecular complexity index is 582.